The lowest BCUT2D eigenvalue weighted by atomic mass is 10.1. The predicted molar refractivity (Wildman–Crippen MR) is 169 cm³/mol. The lowest BCUT2D eigenvalue weighted by Gasteiger charge is -2.16. The zero-order valence-corrected chi connectivity index (χ0v) is 25.1. The van der Waals surface area contributed by atoms with Crippen molar-refractivity contribution >= 4 is 62.9 Å². The number of methoxy groups -OCH3 is 1. The van der Waals surface area contributed by atoms with E-state index in [9.17, 15) is 9.18 Å². The SMILES string of the molecule is COc1cc(/C=C2\SC(=Nc3ccc(C)cc3)N(c3ccc(C)cc3)C2=O)cc(I)c1OCc1ccc(F)cc1. The van der Waals surface area contributed by atoms with E-state index in [2.05, 4.69) is 22.6 Å². The van der Waals surface area contributed by atoms with Crippen molar-refractivity contribution in [3.8, 4) is 11.5 Å². The molecular formula is C32H26FIN2O3S. The van der Waals surface area contributed by atoms with Crippen molar-refractivity contribution in [1.29, 1.82) is 0 Å². The number of carbonyl (C=O) groups is 1. The molecule has 0 atom stereocenters. The smallest absolute Gasteiger partial charge is 0.271 e. The van der Waals surface area contributed by atoms with Crippen LogP contribution >= 0.6 is 34.4 Å². The minimum Gasteiger partial charge on any atom is -0.493 e. The first-order valence-electron chi connectivity index (χ1n) is 12.5. The van der Waals surface area contributed by atoms with Crippen LogP contribution in [0.4, 0.5) is 15.8 Å². The normalized spacial score (nSPS) is 15.2. The van der Waals surface area contributed by atoms with Gasteiger partial charge in [-0.1, -0.05) is 47.5 Å². The minimum atomic E-state index is -0.291. The van der Waals surface area contributed by atoms with E-state index >= 15 is 0 Å². The van der Waals surface area contributed by atoms with E-state index in [0.29, 0.717) is 21.6 Å². The van der Waals surface area contributed by atoms with Crippen LogP contribution in [0.1, 0.15) is 22.3 Å². The van der Waals surface area contributed by atoms with Crippen LogP contribution in [0.15, 0.2) is 94.8 Å². The molecule has 0 radical (unpaired) electrons. The molecule has 0 N–H and O–H groups in total. The van der Waals surface area contributed by atoms with E-state index in [-0.39, 0.29) is 18.3 Å². The number of amides is 1. The molecule has 1 amide bonds. The number of anilines is 1. The van der Waals surface area contributed by atoms with Crippen LogP contribution in [0.5, 0.6) is 11.5 Å². The number of hydrogen-bond donors (Lipinski definition) is 0. The van der Waals surface area contributed by atoms with Gasteiger partial charge in [-0.25, -0.2) is 9.38 Å². The summed E-state index contributed by atoms with van der Waals surface area (Å²) in [6.45, 7) is 4.31. The maximum Gasteiger partial charge on any atom is 0.271 e. The third-order valence-electron chi connectivity index (χ3n) is 6.20. The Kier molecular flexibility index (Phi) is 8.56. The molecule has 1 aliphatic rings. The molecule has 5 rings (SSSR count). The van der Waals surface area contributed by atoms with Gasteiger partial charge in [-0.05, 0) is 114 Å². The molecule has 1 heterocycles. The van der Waals surface area contributed by atoms with E-state index in [4.69, 9.17) is 14.5 Å². The Balaban J connectivity index is 1.46. The molecule has 0 aromatic heterocycles. The topological polar surface area (TPSA) is 51.1 Å². The fourth-order valence-corrected chi connectivity index (χ4v) is 5.83. The summed E-state index contributed by atoms with van der Waals surface area (Å²) in [5.74, 6) is 0.689. The second kappa shape index (κ2) is 12.3. The van der Waals surface area contributed by atoms with Crippen molar-refractivity contribution in [1.82, 2.24) is 0 Å². The summed E-state index contributed by atoms with van der Waals surface area (Å²) in [5, 5.41) is 0.588. The Morgan fingerprint density at radius 1 is 0.950 bits per heavy atom. The van der Waals surface area contributed by atoms with Gasteiger partial charge in [-0.15, -0.1) is 0 Å². The Bertz CT molecular complexity index is 1600. The van der Waals surface area contributed by atoms with E-state index < -0.39 is 0 Å². The standard InChI is InChI=1S/C32H26FIN2O3S/c1-20-4-12-25(13-5-20)35-32-36(26-14-6-21(2)7-15-26)31(37)29(40-32)18-23-16-27(34)30(28(17-23)38-3)39-19-22-8-10-24(33)11-9-22/h4-18H,19H2,1-3H3/b29-18-,35-32?. The Morgan fingerprint density at radius 2 is 1.60 bits per heavy atom. The number of halogens is 2. The number of ether oxygens (including phenoxy) is 2. The molecule has 4 aromatic rings. The van der Waals surface area contributed by atoms with E-state index in [1.165, 1.54) is 23.9 Å². The van der Waals surface area contributed by atoms with Gasteiger partial charge in [0.2, 0.25) is 0 Å². The fourth-order valence-electron chi connectivity index (χ4n) is 4.05. The Hall–Kier alpha value is -3.63. The number of aliphatic imine (C=N–C) groups is 1. The molecule has 1 fully saturated rings. The molecule has 0 unspecified atom stereocenters. The van der Waals surface area contributed by atoms with Crippen molar-refractivity contribution in [2.45, 2.75) is 20.5 Å². The van der Waals surface area contributed by atoms with Crippen LogP contribution < -0.4 is 14.4 Å². The highest BCUT2D eigenvalue weighted by atomic mass is 127. The van der Waals surface area contributed by atoms with Gasteiger partial charge in [0.15, 0.2) is 16.7 Å². The summed E-state index contributed by atoms with van der Waals surface area (Å²) in [6, 6.07) is 25.7. The van der Waals surface area contributed by atoms with Gasteiger partial charge < -0.3 is 9.47 Å². The highest BCUT2D eigenvalue weighted by Gasteiger charge is 2.35. The number of carbonyl (C=O) groups excluding carboxylic acids is 1. The van der Waals surface area contributed by atoms with E-state index in [0.717, 1.165) is 37.2 Å². The monoisotopic (exact) mass is 664 g/mol. The first-order chi connectivity index (χ1) is 19.3. The molecule has 4 aromatic carbocycles. The van der Waals surface area contributed by atoms with Gasteiger partial charge in [0, 0.05) is 0 Å². The highest BCUT2D eigenvalue weighted by molar-refractivity contribution is 14.1. The molecule has 5 nitrogen and oxygen atoms in total. The average Bonchev–Trinajstić information content (AvgIpc) is 3.24. The second-order valence-corrected chi connectivity index (χ2v) is 11.4. The Labute approximate surface area is 250 Å². The molecule has 8 heteroatoms. The van der Waals surface area contributed by atoms with Crippen LogP contribution in [-0.2, 0) is 11.4 Å². The van der Waals surface area contributed by atoms with Gasteiger partial charge >= 0.3 is 0 Å². The van der Waals surface area contributed by atoms with Crippen LogP contribution in [-0.4, -0.2) is 18.2 Å². The summed E-state index contributed by atoms with van der Waals surface area (Å²) in [5.41, 5.74) is 5.43. The fraction of sp³-hybridized carbons (Fsp3) is 0.125. The molecule has 202 valence electrons. The number of amidine groups is 1. The highest BCUT2D eigenvalue weighted by Crippen LogP contribution is 2.40. The molecule has 1 aliphatic heterocycles. The third-order valence-corrected chi connectivity index (χ3v) is 7.97. The molecular weight excluding hydrogens is 638 g/mol. The molecule has 0 bridgehead atoms. The van der Waals surface area contributed by atoms with Gasteiger partial charge in [0.05, 0.1) is 27.0 Å². The maximum absolute atomic E-state index is 13.7. The molecule has 40 heavy (non-hydrogen) atoms. The van der Waals surface area contributed by atoms with Crippen molar-refractivity contribution < 1.29 is 18.7 Å². The lowest BCUT2D eigenvalue weighted by Crippen LogP contribution is -2.28. The van der Waals surface area contributed by atoms with Crippen molar-refractivity contribution in [2.24, 2.45) is 4.99 Å². The number of hydrogen-bond acceptors (Lipinski definition) is 5. The van der Waals surface area contributed by atoms with Crippen LogP contribution in [0.2, 0.25) is 0 Å². The molecule has 0 spiro atoms. The van der Waals surface area contributed by atoms with Crippen molar-refractivity contribution in [3.05, 3.63) is 121 Å². The zero-order valence-electron chi connectivity index (χ0n) is 22.2. The summed E-state index contributed by atoms with van der Waals surface area (Å²) in [6.07, 6.45) is 1.85. The van der Waals surface area contributed by atoms with E-state index in [1.54, 1.807) is 24.1 Å². The van der Waals surface area contributed by atoms with Gasteiger partial charge in [0.25, 0.3) is 5.91 Å². The second-order valence-electron chi connectivity index (χ2n) is 9.27. The van der Waals surface area contributed by atoms with Crippen molar-refractivity contribution in [2.75, 3.05) is 12.0 Å². The maximum atomic E-state index is 13.7. The van der Waals surface area contributed by atoms with Gasteiger partial charge in [-0.2, -0.15) is 0 Å². The van der Waals surface area contributed by atoms with Gasteiger partial charge in [-0.3, -0.25) is 9.69 Å². The molecule has 1 saturated heterocycles. The summed E-state index contributed by atoms with van der Waals surface area (Å²) >= 11 is 3.53. The van der Waals surface area contributed by atoms with Crippen LogP contribution in [0.3, 0.4) is 0 Å². The lowest BCUT2D eigenvalue weighted by molar-refractivity contribution is -0.113. The first-order valence-corrected chi connectivity index (χ1v) is 14.4. The van der Waals surface area contributed by atoms with Gasteiger partial charge in [0.1, 0.15) is 12.4 Å². The molecule has 0 aliphatic carbocycles. The number of rotatable bonds is 7. The van der Waals surface area contributed by atoms with E-state index in [1.807, 2.05) is 80.6 Å². The Morgan fingerprint density at radius 3 is 2.25 bits per heavy atom. The predicted octanol–water partition coefficient (Wildman–Crippen LogP) is 8.44. The number of thioether (sulfide) groups is 1. The molecule has 0 saturated carbocycles. The number of aryl methyl sites for hydroxylation is 2. The summed E-state index contributed by atoms with van der Waals surface area (Å²) in [7, 11) is 1.58. The number of nitrogens with zero attached hydrogens (tertiary/aromatic N) is 2. The minimum absolute atomic E-state index is 0.148. The largest absolute Gasteiger partial charge is 0.493 e. The quantitative estimate of drug-likeness (QED) is 0.147. The average molecular weight is 665 g/mol. The third kappa shape index (κ3) is 6.39. The summed E-state index contributed by atoms with van der Waals surface area (Å²) < 4.78 is 25.7. The van der Waals surface area contributed by atoms with Crippen molar-refractivity contribution in [3.63, 3.8) is 0 Å². The van der Waals surface area contributed by atoms with Crippen LogP contribution in [0.25, 0.3) is 6.08 Å². The summed E-state index contributed by atoms with van der Waals surface area (Å²) in [4.78, 5) is 20.7. The first kappa shape index (κ1) is 27.9. The zero-order chi connectivity index (χ0) is 28.2. The van der Waals surface area contributed by atoms with Crippen LogP contribution in [0, 0.1) is 23.2 Å². The number of benzene rings is 4.